The van der Waals surface area contributed by atoms with Gasteiger partial charge in [-0.15, -0.1) is 0 Å². The first-order valence-electron chi connectivity index (χ1n) is 10.1. The van der Waals surface area contributed by atoms with Gasteiger partial charge in [-0.2, -0.15) is 0 Å². The highest BCUT2D eigenvalue weighted by atomic mass is 35.5. The number of nitrogens with zero attached hydrogens (tertiary/aromatic N) is 4. The second-order valence-electron chi connectivity index (χ2n) is 7.76. The molecule has 0 aliphatic carbocycles. The molecule has 4 rings (SSSR count). The number of amides is 1. The Morgan fingerprint density at radius 2 is 2.00 bits per heavy atom. The molecule has 1 amide bonds. The van der Waals surface area contributed by atoms with Crippen LogP contribution in [0.15, 0.2) is 30.6 Å². The van der Waals surface area contributed by atoms with Crippen molar-refractivity contribution in [1.82, 2.24) is 19.8 Å². The molecule has 2 aromatic carbocycles. The Bertz CT molecular complexity index is 1210. The van der Waals surface area contributed by atoms with Crippen LogP contribution in [0.4, 0.5) is 15.9 Å². The third-order valence-electron chi connectivity index (χ3n) is 5.51. The lowest BCUT2D eigenvalue weighted by molar-refractivity contribution is -0.138. The van der Waals surface area contributed by atoms with Gasteiger partial charge < -0.3 is 19.7 Å². The summed E-state index contributed by atoms with van der Waals surface area (Å²) >= 11 is 11.8. The van der Waals surface area contributed by atoms with E-state index < -0.39 is 5.82 Å². The second-order valence-corrected chi connectivity index (χ2v) is 8.54. The molecule has 0 saturated carbocycles. The van der Waals surface area contributed by atoms with Crippen molar-refractivity contribution in [2.75, 3.05) is 46.2 Å². The molecule has 8 nitrogen and oxygen atoms in total. The zero-order valence-corrected chi connectivity index (χ0v) is 19.7. The van der Waals surface area contributed by atoms with Crippen molar-refractivity contribution in [1.29, 1.82) is 0 Å². The summed E-state index contributed by atoms with van der Waals surface area (Å²) in [6, 6.07) is 6.31. The monoisotopic (exact) mass is 493 g/mol. The standard InChI is InChI=1S/C22H22Cl2FN5O3/c1-29-8-12(30(2)19(31)9-29)10-33-18-7-16-13(6-17(18)32-3)22(27-11-26-16)28-15-5-4-14(23)20(24)21(15)25/h4-7,11-12H,8-10H2,1-3H3,(H,26,27,28). The van der Waals surface area contributed by atoms with Crippen LogP contribution < -0.4 is 14.8 Å². The number of ether oxygens (including phenoxy) is 2. The van der Waals surface area contributed by atoms with Gasteiger partial charge in [0.1, 0.15) is 18.8 Å². The van der Waals surface area contributed by atoms with Crippen LogP contribution in [-0.2, 0) is 4.79 Å². The Morgan fingerprint density at radius 3 is 2.76 bits per heavy atom. The molecule has 174 valence electrons. The smallest absolute Gasteiger partial charge is 0.236 e. The molecule has 1 saturated heterocycles. The topological polar surface area (TPSA) is 79.8 Å². The van der Waals surface area contributed by atoms with E-state index in [1.165, 1.54) is 25.6 Å². The molecule has 1 aromatic heterocycles. The fourth-order valence-corrected chi connectivity index (χ4v) is 3.94. The number of aromatic nitrogens is 2. The summed E-state index contributed by atoms with van der Waals surface area (Å²) in [7, 11) is 5.19. The highest BCUT2D eigenvalue weighted by Gasteiger charge is 2.28. The lowest BCUT2D eigenvalue weighted by Crippen LogP contribution is -2.55. The van der Waals surface area contributed by atoms with Crippen LogP contribution in [0.1, 0.15) is 0 Å². The predicted octanol–water partition coefficient (Wildman–Crippen LogP) is 3.98. The molecule has 1 aliphatic heterocycles. The summed E-state index contributed by atoms with van der Waals surface area (Å²) in [5, 5.41) is 3.47. The van der Waals surface area contributed by atoms with E-state index >= 15 is 0 Å². The first kappa shape index (κ1) is 23.3. The molecular weight excluding hydrogens is 472 g/mol. The lowest BCUT2D eigenvalue weighted by atomic mass is 10.2. The predicted molar refractivity (Wildman–Crippen MR) is 125 cm³/mol. The summed E-state index contributed by atoms with van der Waals surface area (Å²) in [5.41, 5.74) is 0.687. The maximum absolute atomic E-state index is 14.5. The van der Waals surface area contributed by atoms with Gasteiger partial charge in [0, 0.05) is 25.0 Å². The maximum Gasteiger partial charge on any atom is 0.236 e. The van der Waals surface area contributed by atoms with Crippen LogP contribution in [0, 0.1) is 5.82 Å². The molecule has 0 bridgehead atoms. The quantitative estimate of drug-likeness (QED) is 0.520. The van der Waals surface area contributed by atoms with Gasteiger partial charge in [-0.05, 0) is 25.2 Å². The van der Waals surface area contributed by atoms with Crippen LogP contribution in [0.25, 0.3) is 10.9 Å². The summed E-state index contributed by atoms with van der Waals surface area (Å²) < 4.78 is 26.1. The van der Waals surface area contributed by atoms with E-state index in [1.807, 2.05) is 11.9 Å². The Balaban J connectivity index is 1.62. The third-order valence-corrected chi connectivity index (χ3v) is 6.29. The minimum atomic E-state index is -0.682. The summed E-state index contributed by atoms with van der Waals surface area (Å²) in [5.74, 6) is 0.652. The third kappa shape index (κ3) is 4.75. The number of piperazine rings is 1. The zero-order valence-electron chi connectivity index (χ0n) is 18.2. The number of carbonyl (C=O) groups excluding carboxylic acids is 1. The molecule has 2 heterocycles. The van der Waals surface area contributed by atoms with Gasteiger partial charge in [0.2, 0.25) is 5.91 Å². The van der Waals surface area contributed by atoms with Crippen LogP contribution in [0.3, 0.4) is 0 Å². The van der Waals surface area contributed by atoms with Gasteiger partial charge in [0.05, 0.1) is 40.9 Å². The molecule has 33 heavy (non-hydrogen) atoms. The second kappa shape index (κ2) is 9.54. The number of nitrogens with one attached hydrogen (secondary N) is 1. The number of hydrogen-bond acceptors (Lipinski definition) is 7. The normalized spacial score (nSPS) is 16.8. The van der Waals surface area contributed by atoms with Gasteiger partial charge in [-0.1, -0.05) is 23.2 Å². The van der Waals surface area contributed by atoms with Crippen LogP contribution >= 0.6 is 23.2 Å². The van der Waals surface area contributed by atoms with E-state index in [9.17, 15) is 9.18 Å². The average molecular weight is 494 g/mol. The van der Waals surface area contributed by atoms with Crippen molar-refractivity contribution in [3.63, 3.8) is 0 Å². The SMILES string of the molecule is COc1cc2c(Nc3ccc(Cl)c(Cl)c3F)ncnc2cc1OCC1CN(C)CC(=O)N1C. The highest BCUT2D eigenvalue weighted by Crippen LogP contribution is 2.36. The summed E-state index contributed by atoms with van der Waals surface area (Å²) in [6.45, 7) is 1.38. The number of hydrogen-bond donors (Lipinski definition) is 1. The summed E-state index contributed by atoms with van der Waals surface area (Å²) in [6.07, 6.45) is 1.36. The Hall–Kier alpha value is -2.88. The fourth-order valence-electron chi connectivity index (χ4n) is 3.63. The van der Waals surface area contributed by atoms with Gasteiger partial charge in [-0.3, -0.25) is 9.69 Å². The van der Waals surface area contributed by atoms with Crippen LogP contribution in [-0.4, -0.2) is 72.6 Å². The van der Waals surface area contributed by atoms with Crippen molar-refractivity contribution in [2.24, 2.45) is 0 Å². The van der Waals surface area contributed by atoms with Crippen molar-refractivity contribution in [3.05, 3.63) is 46.5 Å². The van der Waals surface area contributed by atoms with Crippen molar-refractivity contribution < 1.29 is 18.7 Å². The molecule has 1 unspecified atom stereocenters. The van der Waals surface area contributed by atoms with E-state index in [2.05, 4.69) is 15.3 Å². The number of rotatable bonds is 6. The average Bonchev–Trinajstić information content (AvgIpc) is 2.80. The van der Waals surface area contributed by atoms with Gasteiger partial charge in [0.25, 0.3) is 0 Å². The number of halogens is 3. The largest absolute Gasteiger partial charge is 0.493 e. The lowest BCUT2D eigenvalue weighted by Gasteiger charge is -2.37. The molecule has 1 fully saturated rings. The van der Waals surface area contributed by atoms with Crippen LogP contribution in [0.5, 0.6) is 11.5 Å². The molecule has 3 aromatic rings. The molecule has 11 heteroatoms. The Morgan fingerprint density at radius 1 is 1.21 bits per heavy atom. The van der Waals surface area contributed by atoms with Crippen LogP contribution in [0.2, 0.25) is 10.0 Å². The fraction of sp³-hybridized carbons (Fsp3) is 0.318. The summed E-state index contributed by atoms with van der Waals surface area (Å²) in [4.78, 5) is 24.3. The number of methoxy groups -OCH3 is 1. The number of likely N-dealkylation sites (N-methyl/N-ethyl adjacent to an activating group) is 2. The zero-order chi connectivity index (χ0) is 23.7. The molecule has 0 spiro atoms. The molecule has 1 atom stereocenters. The molecular formula is C22H22Cl2FN5O3. The highest BCUT2D eigenvalue weighted by molar-refractivity contribution is 6.42. The van der Waals surface area contributed by atoms with Gasteiger partial charge in [-0.25, -0.2) is 14.4 Å². The molecule has 0 radical (unpaired) electrons. The van der Waals surface area contributed by atoms with Gasteiger partial charge >= 0.3 is 0 Å². The van der Waals surface area contributed by atoms with E-state index in [4.69, 9.17) is 32.7 Å². The number of benzene rings is 2. The van der Waals surface area contributed by atoms with E-state index in [-0.39, 0.29) is 27.7 Å². The van der Waals surface area contributed by atoms with E-state index in [0.717, 1.165) is 0 Å². The first-order chi connectivity index (χ1) is 15.8. The van der Waals surface area contributed by atoms with Crippen molar-refractivity contribution in [2.45, 2.75) is 6.04 Å². The molecule has 1 N–H and O–H groups in total. The van der Waals surface area contributed by atoms with E-state index in [1.54, 1.807) is 24.1 Å². The van der Waals surface area contributed by atoms with E-state index in [0.29, 0.717) is 47.9 Å². The van der Waals surface area contributed by atoms with Gasteiger partial charge in [0.15, 0.2) is 17.3 Å². The van der Waals surface area contributed by atoms with Crippen molar-refractivity contribution in [3.8, 4) is 11.5 Å². The Kier molecular flexibility index (Phi) is 6.73. The Labute approximate surface area is 200 Å². The van der Waals surface area contributed by atoms with Crippen molar-refractivity contribution >= 4 is 51.5 Å². The number of anilines is 2. The first-order valence-corrected chi connectivity index (χ1v) is 10.8. The minimum Gasteiger partial charge on any atom is -0.493 e. The molecule has 1 aliphatic rings. The number of carbonyl (C=O) groups is 1. The number of fused-ring (bicyclic) bond motifs is 1. The minimum absolute atomic E-state index is 0.0424. The maximum atomic E-state index is 14.5.